The number of rotatable bonds is 5. The summed E-state index contributed by atoms with van der Waals surface area (Å²) in [6, 6.07) is 13.4. The minimum absolute atomic E-state index is 0.211. The van der Waals surface area contributed by atoms with E-state index in [1.165, 1.54) is 7.11 Å². The van der Waals surface area contributed by atoms with Crippen LogP contribution in [0.2, 0.25) is 0 Å². The molecule has 0 aromatic heterocycles. The van der Waals surface area contributed by atoms with Gasteiger partial charge in [-0.25, -0.2) is 4.79 Å². The molecule has 0 aliphatic rings. The third-order valence-electron chi connectivity index (χ3n) is 3.03. The number of ether oxygens (including phenoxy) is 1. The van der Waals surface area contributed by atoms with Crippen LogP contribution in [-0.2, 0) is 6.54 Å². The Labute approximate surface area is 128 Å². The van der Waals surface area contributed by atoms with E-state index in [0.29, 0.717) is 23.5 Å². The first-order valence-electron chi connectivity index (χ1n) is 6.67. The van der Waals surface area contributed by atoms with E-state index < -0.39 is 6.03 Å². The summed E-state index contributed by atoms with van der Waals surface area (Å²) >= 11 is 0. The van der Waals surface area contributed by atoms with E-state index in [2.05, 4.69) is 10.6 Å². The summed E-state index contributed by atoms with van der Waals surface area (Å²) < 4.78 is 5.16. The maximum Gasteiger partial charge on any atom is 0.316 e. The highest BCUT2D eigenvalue weighted by atomic mass is 16.5. The molecule has 0 aliphatic heterocycles. The highest BCUT2D eigenvalue weighted by Crippen LogP contribution is 2.17. The Kier molecular flexibility index (Phi) is 4.98. The molecule has 6 heteroatoms. The Morgan fingerprint density at radius 1 is 1.09 bits per heavy atom. The first kappa shape index (κ1) is 15.4. The number of carbonyl (C=O) groups is 2. The van der Waals surface area contributed by atoms with Gasteiger partial charge in [-0.1, -0.05) is 24.3 Å². The Balaban J connectivity index is 1.97. The third-order valence-corrected chi connectivity index (χ3v) is 3.03. The maximum atomic E-state index is 12.1. The van der Waals surface area contributed by atoms with Crippen LogP contribution in [0.15, 0.2) is 48.5 Å². The van der Waals surface area contributed by atoms with Crippen LogP contribution in [0.4, 0.5) is 10.5 Å². The van der Waals surface area contributed by atoms with Crippen LogP contribution in [0.1, 0.15) is 15.9 Å². The molecule has 6 nitrogen and oxygen atoms in total. The summed E-state index contributed by atoms with van der Waals surface area (Å²) in [5.41, 5.74) is 7.02. The monoisotopic (exact) mass is 299 g/mol. The molecule has 2 aromatic rings. The Morgan fingerprint density at radius 3 is 2.41 bits per heavy atom. The predicted octanol–water partition coefficient (Wildman–Crippen LogP) is 2.12. The quantitative estimate of drug-likeness (QED) is 0.789. The summed E-state index contributed by atoms with van der Waals surface area (Å²) in [7, 11) is 1.52. The number of benzene rings is 2. The van der Waals surface area contributed by atoms with Crippen LogP contribution in [0, 0.1) is 0 Å². The van der Waals surface area contributed by atoms with Gasteiger partial charge in [0.15, 0.2) is 0 Å². The number of hydrogen-bond donors (Lipinski definition) is 3. The molecular weight excluding hydrogens is 282 g/mol. The smallest absolute Gasteiger partial charge is 0.316 e. The first-order chi connectivity index (χ1) is 10.6. The number of anilines is 1. The molecule has 0 saturated carbocycles. The van der Waals surface area contributed by atoms with Crippen molar-refractivity contribution in [1.82, 2.24) is 5.32 Å². The Hall–Kier alpha value is -3.02. The van der Waals surface area contributed by atoms with E-state index in [-0.39, 0.29) is 5.91 Å². The fraction of sp³-hybridized carbons (Fsp3) is 0.125. The standard InChI is InChI=1S/C16H17N3O3/c1-22-14-5-3-2-4-13(14)15(20)18-10-11-6-8-12(9-7-11)19-16(17)21/h2-9H,10H2,1H3,(H,18,20)(H3,17,19,21). The average molecular weight is 299 g/mol. The van der Waals surface area contributed by atoms with Gasteiger partial charge in [-0.15, -0.1) is 0 Å². The second kappa shape index (κ2) is 7.12. The largest absolute Gasteiger partial charge is 0.496 e. The molecule has 0 unspecified atom stereocenters. The first-order valence-corrected chi connectivity index (χ1v) is 6.67. The van der Waals surface area contributed by atoms with Gasteiger partial charge < -0.3 is 21.1 Å². The maximum absolute atomic E-state index is 12.1. The summed E-state index contributed by atoms with van der Waals surface area (Å²) in [6.07, 6.45) is 0. The summed E-state index contributed by atoms with van der Waals surface area (Å²) in [6.45, 7) is 0.369. The van der Waals surface area contributed by atoms with Crippen molar-refractivity contribution in [2.24, 2.45) is 5.73 Å². The number of nitrogens with one attached hydrogen (secondary N) is 2. The summed E-state index contributed by atoms with van der Waals surface area (Å²) in [5, 5.41) is 5.29. The number of para-hydroxylation sites is 1. The molecular formula is C16H17N3O3. The van der Waals surface area contributed by atoms with Crippen molar-refractivity contribution in [2.45, 2.75) is 6.54 Å². The molecule has 0 fully saturated rings. The van der Waals surface area contributed by atoms with Gasteiger partial charge >= 0.3 is 6.03 Å². The van der Waals surface area contributed by atoms with E-state index in [4.69, 9.17) is 10.5 Å². The second-order valence-corrected chi connectivity index (χ2v) is 4.57. The van der Waals surface area contributed by atoms with Crippen molar-refractivity contribution in [2.75, 3.05) is 12.4 Å². The number of methoxy groups -OCH3 is 1. The molecule has 0 aliphatic carbocycles. The van der Waals surface area contributed by atoms with Crippen LogP contribution >= 0.6 is 0 Å². The van der Waals surface area contributed by atoms with Gasteiger partial charge in [0.05, 0.1) is 12.7 Å². The van der Waals surface area contributed by atoms with E-state index in [1.807, 2.05) is 0 Å². The van der Waals surface area contributed by atoms with Gasteiger partial charge in [0.25, 0.3) is 5.91 Å². The molecule has 0 heterocycles. The second-order valence-electron chi connectivity index (χ2n) is 4.57. The molecule has 2 rings (SSSR count). The van der Waals surface area contributed by atoms with Crippen molar-refractivity contribution in [3.05, 3.63) is 59.7 Å². The molecule has 0 bridgehead atoms. The minimum Gasteiger partial charge on any atom is -0.496 e. The van der Waals surface area contributed by atoms with Crippen LogP contribution < -0.4 is 21.1 Å². The van der Waals surface area contributed by atoms with Crippen LogP contribution in [0.3, 0.4) is 0 Å². The van der Waals surface area contributed by atoms with Gasteiger partial charge in [0, 0.05) is 12.2 Å². The molecule has 0 spiro atoms. The van der Waals surface area contributed by atoms with Gasteiger partial charge in [0.1, 0.15) is 5.75 Å². The van der Waals surface area contributed by atoms with Crippen molar-refractivity contribution in [3.8, 4) is 5.75 Å². The highest BCUT2D eigenvalue weighted by molar-refractivity contribution is 5.96. The SMILES string of the molecule is COc1ccccc1C(=O)NCc1ccc(NC(N)=O)cc1. The number of urea groups is 1. The third kappa shape index (κ3) is 3.99. The number of amides is 3. The fourth-order valence-corrected chi connectivity index (χ4v) is 1.96. The topological polar surface area (TPSA) is 93.4 Å². The Bertz CT molecular complexity index is 669. The van der Waals surface area contributed by atoms with E-state index >= 15 is 0 Å². The normalized spacial score (nSPS) is 9.86. The number of carbonyl (C=O) groups excluding carboxylic acids is 2. The molecule has 2 aromatic carbocycles. The average Bonchev–Trinajstić information content (AvgIpc) is 2.53. The number of primary amides is 1. The molecule has 0 radical (unpaired) electrons. The lowest BCUT2D eigenvalue weighted by molar-refractivity contribution is 0.0948. The predicted molar refractivity (Wildman–Crippen MR) is 83.8 cm³/mol. The van der Waals surface area contributed by atoms with Gasteiger partial charge in [-0.2, -0.15) is 0 Å². The van der Waals surface area contributed by atoms with Crippen molar-refractivity contribution in [3.63, 3.8) is 0 Å². The molecule has 0 saturated heterocycles. The van der Waals surface area contributed by atoms with Crippen LogP contribution in [0.25, 0.3) is 0 Å². The summed E-state index contributed by atoms with van der Waals surface area (Å²) in [5.74, 6) is 0.317. The highest BCUT2D eigenvalue weighted by Gasteiger charge is 2.10. The lowest BCUT2D eigenvalue weighted by atomic mass is 10.1. The summed E-state index contributed by atoms with van der Waals surface area (Å²) in [4.78, 5) is 22.9. The van der Waals surface area contributed by atoms with Crippen molar-refractivity contribution < 1.29 is 14.3 Å². The zero-order valence-electron chi connectivity index (χ0n) is 12.1. The zero-order chi connectivity index (χ0) is 15.9. The van der Waals surface area contributed by atoms with Gasteiger partial charge in [0.2, 0.25) is 0 Å². The molecule has 114 valence electrons. The molecule has 22 heavy (non-hydrogen) atoms. The minimum atomic E-state index is -0.614. The van der Waals surface area contributed by atoms with Crippen molar-refractivity contribution in [1.29, 1.82) is 0 Å². The molecule has 0 atom stereocenters. The van der Waals surface area contributed by atoms with Crippen LogP contribution in [-0.4, -0.2) is 19.0 Å². The fourth-order valence-electron chi connectivity index (χ4n) is 1.96. The lowest BCUT2D eigenvalue weighted by Gasteiger charge is -2.09. The van der Waals surface area contributed by atoms with Crippen molar-refractivity contribution >= 4 is 17.6 Å². The Morgan fingerprint density at radius 2 is 1.77 bits per heavy atom. The van der Waals surface area contributed by atoms with Crippen LogP contribution in [0.5, 0.6) is 5.75 Å². The van der Waals surface area contributed by atoms with E-state index in [0.717, 1.165) is 5.56 Å². The van der Waals surface area contributed by atoms with E-state index in [9.17, 15) is 9.59 Å². The molecule has 4 N–H and O–H groups in total. The zero-order valence-corrected chi connectivity index (χ0v) is 12.1. The van der Waals surface area contributed by atoms with Gasteiger partial charge in [-0.05, 0) is 29.8 Å². The lowest BCUT2D eigenvalue weighted by Crippen LogP contribution is -2.23. The van der Waals surface area contributed by atoms with E-state index in [1.54, 1.807) is 48.5 Å². The molecule has 3 amide bonds. The van der Waals surface area contributed by atoms with Gasteiger partial charge in [-0.3, -0.25) is 4.79 Å². The number of nitrogens with two attached hydrogens (primary N) is 1. The number of hydrogen-bond acceptors (Lipinski definition) is 3.